The van der Waals surface area contributed by atoms with Gasteiger partial charge in [0.1, 0.15) is 12.2 Å². The second kappa shape index (κ2) is 11.6. The van der Waals surface area contributed by atoms with Gasteiger partial charge < -0.3 is 15.1 Å². The number of hydrogen-bond acceptors (Lipinski definition) is 4. The van der Waals surface area contributed by atoms with Crippen molar-refractivity contribution in [3.63, 3.8) is 0 Å². The molecule has 4 rings (SSSR count). The Morgan fingerprint density at radius 2 is 1.89 bits per heavy atom. The number of nitrogens with one attached hydrogen (secondary N) is 1. The van der Waals surface area contributed by atoms with Crippen molar-refractivity contribution in [1.29, 1.82) is 0 Å². The summed E-state index contributed by atoms with van der Waals surface area (Å²) in [6.07, 6.45) is 6.19. The van der Waals surface area contributed by atoms with Crippen LogP contribution in [0.1, 0.15) is 30.9 Å². The molecule has 4 amide bonds. The Hall–Kier alpha value is -3.35. The zero-order chi connectivity index (χ0) is 25.7. The number of terminal acetylenes is 1. The first-order chi connectivity index (χ1) is 17.4. The number of piperazine rings is 1. The first-order valence-electron chi connectivity index (χ1n) is 12.1. The summed E-state index contributed by atoms with van der Waals surface area (Å²) >= 11 is 3.49. The quantitative estimate of drug-likeness (QED) is 0.536. The molecule has 2 aromatic carbocycles. The van der Waals surface area contributed by atoms with E-state index in [1.165, 1.54) is 5.01 Å². The summed E-state index contributed by atoms with van der Waals surface area (Å²) in [6.45, 7) is 2.94. The lowest BCUT2D eigenvalue weighted by atomic mass is 10.0. The highest BCUT2D eigenvalue weighted by atomic mass is 79.9. The van der Waals surface area contributed by atoms with E-state index in [0.29, 0.717) is 19.5 Å². The van der Waals surface area contributed by atoms with Crippen molar-refractivity contribution in [2.24, 2.45) is 0 Å². The number of carbonyl (C=O) groups is 3. The maximum Gasteiger partial charge on any atom is 0.334 e. The van der Waals surface area contributed by atoms with Gasteiger partial charge in [0.15, 0.2) is 0 Å². The van der Waals surface area contributed by atoms with Crippen LogP contribution in [0.25, 0.3) is 0 Å². The average Bonchev–Trinajstić information content (AvgIpc) is 2.86. The zero-order valence-corrected chi connectivity index (χ0v) is 21.9. The minimum absolute atomic E-state index is 0.0570. The lowest BCUT2D eigenvalue weighted by Gasteiger charge is -2.55. The third-order valence-electron chi connectivity index (χ3n) is 6.42. The molecule has 9 heteroatoms. The van der Waals surface area contributed by atoms with Gasteiger partial charge in [-0.05, 0) is 29.7 Å². The average molecular weight is 552 g/mol. The SMILES string of the molecule is C#CCN1CC(=O)N2[C@@H](CCC)C(=O)N(Cc3cccc(Br)c3)C[C@@H]2N1C(=O)NCc1ccccc1. The van der Waals surface area contributed by atoms with E-state index in [2.05, 4.69) is 27.2 Å². The van der Waals surface area contributed by atoms with Crippen LogP contribution in [-0.2, 0) is 22.7 Å². The predicted octanol–water partition coefficient (Wildman–Crippen LogP) is 3.19. The number of fused-ring (bicyclic) bond motifs is 1. The standard InChI is InChI=1S/C27H30BrN5O3/c1-3-9-23-26(35)30(17-21-12-8-13-22(28)15-21)18-24-32(23)25(34)19-31(14-4-2)33(24)27(36)29-16-20-10-6-5-7-11-20/h2,5-8,10-13,15,23-24H,3,9,14,16-19H2,1H3,(H,29,36)/t23-,24-/m0/s1. The van der Waals surface area contributed by atoms with Crippen LogP contribution in [0.15, 0.2) is 59.1 Å². The van der Waals surface area contributed by atoms with Gasteiger partial charge in [-0.15, -0.1) is 6.42 Å². The van der Waals surface area contributed by atoms with Gasteiger partial charge in [-0.2, -0.15) is 5.01 Å². The Labute approximate surface area is 220 Å². The third kappa shape index (κ3) is 5.55. The number of rotatable bonds is 7. The van der Waals surface area contributed by atoms with Crippen molar-refractivity contribution in [2.75, 3.05) is 19.6 Å². The molecular formula is C27H30BrN5O3. The van der Waals surface area contributed by atoms with Gasteiger partial charge >= 0.3 is 6.03 Å². The van der Waals surface area contributed by atoms with Crippen LogP contribution in [0.3, 0.4) is 0 Å². The third-order valence-corrected chi connectivity index (χ3v) is 6.92. The van der Waals surface area contributed by atoms with E-state index in [4.69, 9.17) is 6.42 Å². The number of carbonyl (C=O) groups excluding carboxylic acids is 3. The fraction of sp³-hybridized carbons (Fsp3) is 0.370. The normalized spacial score (nSPS) is 20.2. The van der Waals surface area contributed by atoms with E-state index in [-0.39, 0.29) is 37.5 Å². The number of urea groups is 1. The topological polar surface area (TPSA) is 76.2 Å². The van der Waals surface area contributed by atoms with Crippen LogP contribution in [-0.4, -0.2) is 69.5 Å². The molecule has 0 radical (unpaired) electrons. The molecule has 0 aromatic heterocycles. The van der Waals surface area contributed by atoms with E-state index in [0.717, 1.165) is 22.0 Å². The highest BCUT2D eigenvalue weighted by molar-refractivity contribution is 9.10. The van der Waals surface area contributed by atoms with Crippen LogP contribution in [0.5, 0.6) is 0 Å². The molecule has 2 aliphatic heterocycles. The van der Waals surface area contributed by atoms with E-state index in [1.807, 2.05) is 61.5 Å². The molecule has 0 unspecified atom stereocenters. The number of halogens is 1. The molecule has 0 aliphatic carbocycles. The Kier molecular flexibility index (Phi) is 8.28. The van der Waals surface area contributed by atoms with Crippen LogP contribution in [0.2, 0.25) is 0 Å². The number of benzene rings is 2. The summed E-state index contributed by atoms with van der Waals surface area (Å²) in [6, 6.07) is 16.4. The molecule has 0 bridgehead atoms. The smallest absolute Gasteiger partial charge is 0.333 e. The van der Waals surface area contributed by atoms with E-state index < -0.39 is 12.2 Å². The molecule has 2 aliphatic rings. The van der Waals surface area contributed by atoms with Gasteiger partial charge in [0, 0.05) is 17.6 Å². The zero-order valence-electron chi connectivity index (χ0n) is 20.3. The second-order valence-electron chi connectivity index (χ2n) is 8.95. The van der Waals surface area contributed by atoms with Crippen molar-refractivity contribution in [3.05, 3.63) is 70.2 Å². The van der Waals surface area contributed by atoms with E-state index >= 15 is 0 Å². The van der Waals surface area contributed by atoms with E-state index in [1.54, 1.807) is 14.8 Å². The molecule has 0 saturated carbocycles. The molecule has 1 N–H and O–H groups in total. The summed E-state index contributed by atoms with van der Waals surface area (Å²) < 4.78 is 0.922. The summed E-state index contributed by atoms with van der Waals surface area (Å²) in [5, 5.41) is 6.10. The van der Waals surface area contributed by atoms with Crippen LogP contribution in [0, 0.1) is 12.3 Å². The summed E-state index contributed by atoms with van der Waals surface area (Å²) in [5.74, 6) is 2.26. The van der Waals surface area contributed by atoms with Crippen molar-refractivity contribution in [1.82, 2.24) is 25.1 Å². The van der Waals surface area contributed by atoms with Gasteiger partial charge in [0.2, 0.25) is 11.8 Å². The van der Waals surface area contributed by atoms with Crippen molar-refractivity contribution >= 4 is 33.8 Å². The van der Waals surface area contributed by atoms with E-state index in [9.17, 15) is 14.4 Å². The number of nitrogens with zero attached hydrogens (tertiary/aromatic N) is 4. The highest BCUT2D eigenvalue weighted by Crippen LogP contribution is 2.29. The van der Waals surface area contributed by atoms with Crippen molar-refractivity contribution in [2.45, 2.75) is 45.1 Å². The van der Waals surface area contributed by atoms with Crippen LogP contribution in [0.4, 0.5) is 4.79 Å². The molecule has 8 nitrogen and oxygen atoms in total. The second-order valence-corrected chi connectivity index (χ2v) is 9.87. The Balaban J connectivity index is 1.64. The maximum atomic E-state index is 13.6. The first kappa shape index (κ1) is 25.7. The maximum absolute atomic E-state index is 13.6. The molecule has 188 valence electrons. The molecule has 36 heavy (non-hydrogen) atoms. The monoisotopic (exact) mass is 551 g/mol. The largest absolute Gasteiger partial charge is 0.334 e. The molecule has 2 saturated heterocycles. The van der Waals surface area contributed by atoms with Gasteiger partial charge in [-0.3, -0.25) is 9.59 Å². The van der Waals surface area contributed by atoms with Gasteiger partial charge in [-0.1, -0.05) is 77.7 Å². The van der Waals surface area contributed by atoms with Gasteiger partial charge in [0.05, 0.1) is 19.6 Å². The minimum atomic E-state index is -0.656. The molecule has 2 atom stereocenters. The van der Waals surface area contributed by atoms with Crippen LogP contribution >= 0.6 is 15.9 Å². The first-order valence-corrected chi connectivity index (χ1v) is 12.9. The number of hydrazine groups is 1. The van der Waals surface area contributed by atoms with Gasteiger partial charge in [0.25, 0.3) is 0 Å². The lowest BCUT2D eigenvalue weighted by Crippen LogP contribution is -2.76. The Morgan fingerprint density at radius 3 is 2.58 bits per heavy atom. The predicted molar refractivity (Wildman–Crippen MR) is 140 cm³/mol. The Morgan fingerprint density at radius 1 is 1.14 bits per heavy atom. The molecule has 2 heterocycles. The molecule has 0 spiro atoms. The van der Waals surface area contributed by atoms with Crippen molar-refractivity contribution in [3.8, 4) is 12.3 Å². The lowest BCUT2D eigenvalue weighted by molar-refractivity contribution is -0.189. The molecule has 2 aromatic rings. The summed E-state index contributed by atoms with van der Waals surface area (Å²) in [4.78, 5) is 43.7. The highest BCUT2D eigenvalue weighted by Gasteiger charge is 2.50. The van der Waals surface area contributed by atoms with Crippen LogP contribution < -0.4 is 5.32 Å². The Bertz CT molecular complexity index is 1150. The molecular weight excluding hydrogens is 522 g/mol. The summed E-state index contributed by atoms with van der Waals surface area (Å²) in [7, 11) is 0. The minimum Gasteiger partial charge on any atom is -0.333 e. The van der Waals surface area contributed by atoms with Crippen molar-refractivity contribution < 1.29 is 14.4 Å². The number of amides is 4. The fourth-order valence-corrected chi connectivity index (χ4v) is 5.29. The number of hydrogen-bond donors (Lipinski definition) is 1. The van der Waals surface area contributed by atoms with Gasteiger partial charge in [-0.25, -0.2) is 9.80 Å². The summed E-state index contributed by atoms with van der Waals surface area (Å²) in [5.41, 5.74) is 1.92. The molecule has 2 fully saturated rings. The fourth-order valence-electron chi connectivity index (χ4n) is 4.84.